The van der Waals surface area contributed by atoms with E-state index in [4.69, 9.17) is 15.1 Å². The average Bonchev–Trinajstić information content (AvgIpc) is 3.72. The molecule has 1 amide bonds. The number of amides is 1. The van der Waals surface area contributed by atoms with Gasteiger partial charge in [-0.05, 0) is 54.2 Å². The predicted molar refractivity (Wildman–Crippen MR) is 195 cm³/mol. The second-order valence-electron chi connectivity index (χ2n) is 12.1. The molecule has 2 aromatic carbocycles. The third-order valence-corrected chi connectivity index (χ3v) is 10.6. The summed E-state index contributed by atoms with van der Waals surface area (Å²) < 4.78 is 0. The fourth-order valence-corrected chi connectivity index (χ4v) is 7.54. The zero-order valence-corrected chi connectivity index (χ0v) is 29.4. The quantitative estimate of drug-likeness (QED) is 0.0584. The summed E-state index contributed by atoms with van der Waals surface area (Å²) in [5, 5.41) is 13.5. The first-order valence-electron chi connectivity index (χ1n) is 16.1. The zero-order valence-electron chi connectivity index (χ0n) is 27.8. The van der Waals surface area contributed by atoms with Gasteiger partial charge in [-0.3, -0.25) is 0 Å². The molecule has 46 heavy (non-hydrogen) atoms. The third kappa shape index (κ3) is 11.0. The SMILES string of the molecule is CCC(CCCCNC(=O)O)CCCC(CSc1ncc(-c2ccc(N(C)C)cc2)[nH]1)Sc1ncc(-c2ccc(N(C)C)cc2)[nH]1. The summed E-state index contributed by atoms with van der Waals surface area (Å²) in [6.45, 7) is 2.79. The van der Waals surface area contributed by atoms with E-state index in [1.54, 1.807) is 11.8 Å². The molecule has 4 rings (SSSR count). The van der Waals surface area contributed by atoms with E-state index in [0.717, 1.165) is 77.1 Å². The topological polar surface area (TPSA) is 113 Å². The number of carboxylic acid groups (broad SMARTS) is 1. The number of imidazole rings is 2. The van der Waals surface area contributed by atoms with Gasteiger partial charge in [0.15, 0.2) is 10.3 Å². The fraction of sp³-hybridized carbons (Fsp3) is 0.457. The standard InChI is InChI=1S/C35H49N7O2S2/c1-6-25(10-7-8-21-36-35(43)44)11-9-12-30(46-34-38-23-32(40-34)27-15-19-29(20-16-27)42(4)5)24-45-33-37-22-31(39-33)26-13-17-28(18-14-26)41(2)3/h13-20,22-23,25,30,36H,6-12,21,24H2,1-5H3,(H,37,39)(H,38,40)(H,43,44). The van der Waals surface area contributed by atoms with Crippen LogP contribution in [0.2, 0.25) is 0 Å². The lowest BCUT2D eigenvalue weighted by Crippen LogP contribution is -2.21. The highest BCUT2D eigenvalue weighted by molar-refractivity contribution is 8.03. The minimum absolute atomic E-state index is 0.366. The Morgan fingerprint density at radius 2 is 1.35 bits per heavy atom. The molecule has 0 bridgehead atoms. The Hall–Kier alpha value is -3.57. The number of nitrogens with zero attached hydrogens (tertiary/aromatic N) is 4. The number of rotatable bonds is 19. The van der Waals surface area contributed by atoms with Gasteiger partial charge >= 0.3 is 6.09 Å². The first-order chi connectivity index (χ1) is 22.2. The molecule has 2 atom stereocenters. The van der Waals surface area contributed by atoms with E-state index in [1.165, 1.54) is 17.8 Å². The number of anilines is 2. The van der Waals surface area contributed by atoms with Crippen molar-refractivity contribution in [3.63, 3.8) is 0 Å². The second-order valence-corrected chi connectivity index (χ2v) is 14.4. The summed E-state index contributed by atoms with van der Waals surface area (Å²) in [5.74, 6) is 1.58. The molecule has 0 saturated carbocycles. The van der Waals surface area contributed by atoms with Crippen molar-refractivity contribution in [3.05, 3.63) is 60.9 Å². The highest BCUT2D eigenvalue weighted by Gasteiger charge is 2.17. The Morgan fingerprint density at radius 3 is 1.89 bits per heavy atom. The molecule has 2 aromatic heterocycles. The van der Waals surface area contributed by atoms with E-state index in [0.29, 0.717) is 17.7 Å². The van der Waals surface area contributed by atoms with E-state index in [9.17, 15) is 4.79 Å². The Bertz CT molecular complexity index is 1470. The number of H-pyrrole nitrogens is 2. The van der Waals surface area contributed by atoms with Crippen molar-refractivity contribution in [2.45, 2.75) is 67.4 Å². The number of aromatic nitrogens is 4. The molecule has 4 N–H and O–H groups in total. The summed E-state index contributed by atoms with van der Waals surface area (Å²) in [7, 11) is 8.19. The van der Waals surface area contributed by atoms with E-state index >= 15 is 0 Å². The van der Waals surface area contributed by atoms with Gasteiger partial charge in [-0.1, -0.05) is 86.8 Å². The first-order valence-corrected chi connectivity index (χ1v) is 18.0. The van der Waals surface area contributed by atoms with Crippen LogP contribution in [0.25, 0.3) is 22.5 Å². The fourth-order valence-electron chi connectivity index (χ4n) is 5.36. The molecule has 0 aliphatic carbocycles. The number of benzene rings is 2. The maximum absolute atomic E-state index is 10.7. The third-order valence-electron chi connectivity index (χ3n) is 8.21. The van der Waals surface area contributed by atoms with Crippen LogP contribution in [0.5, 0.6) is 0 Å². The molecule has 2 heterocycles. The Balaban J connectivity index is 1.37. The van der Waals surface area contributed by atoms with Crippen molar-refractivity contribution in [1.29, 1.82) is 0 Å². The molecule has 9 nitrogen and oxygen atoms in total. The average molecular weight is 664 g/mol. The molecular weight excluding hydrogens is 615 g/mol. The smallest absolute Gasteiger partial charge is 0.404 e. The Morgan fingerprint density at radius 1 is 0.804 bits per heavy atom. The summed E-state index contributed by atoms with van der Waals surface area (Å²) >= 11 is 3.59. The largest absolute Gasteiger partial charge is 0.465 e. The molecule has 0 saturated heterocycles. The number of unbranched alkanes of at least 4 members (excludes halogenated alkanes) is 1. The maximum Gasteiger partial charge on any atom is 0.404 e. The Labute approximate surface area is 282 Å². The van der Waals surface area contributed by atoms with Crippen LogP contribution in [0.15, 0.2) is 71.2 Å². The molecule has 248 valence electrons. The molecular formula is C35H49N7O2S2. The summed E-state index contributed by atoms with van der Waals surface area (Å²) in [6, 6.07) is 17.0. The van der Waals surface area contributed by atoms with E-state index in [2.05, 4.69) is 80.5 Å². The normalized spacial score (nSPS) is 12.5. The minimum atomic E-state index is -0.941. The van der Waals surface area contributed by atoms with Gasteiger partial charge in [0.2, 0.25) is 0 Å². The van der Waals surface area contributed by atoms with Gasteiger partial charge in [0.1, 0.15) is 0 Å². The lowest BCUT2D eigenvalue weighted by Gasteiger charge is -2.18. The van der Waals surface area contributed by atoms with Crippen molar-refractivity contribution in [3.8, 4) is 22.5 Å². The molecule has 2 unspecified atom stereocenters. The first kappa shape index (κ1) is 35.3. The van der Waals surface area contributed by atoms with Gasteiger partial charge in [-0.25, -0.2) is 14.8 Å². The molecule has 0 aliphatic heterocycles. The molecule has 0 spiro atoms. The van der Waals surface area contributed by atoms with Crippen molar-refractivity contribution in [1.82, 2.24) is 25.3 Å². The van der Waals surface area contributed by atoms with Crippen molar-refractivity contribution in [2.75, 3.05) is 50.3 Å². The van der Waals surface area contributed by atoms with Gasteiger partial charge in [-0.2, -0.15) is 0 Å². The molecule has 0 fully saturated rings. The highest BCUT2D eigenvalue weighted by Crippen LogP contribution is 2.33. The Kier molecular flexibility index (Phi) is 13.8. The van der Waals surface area contributed by atoms with Gasteiger partial charge in [0.05, 0.1) is 23.8 Å². The van der Waals surface area contributed by atoms with Crippen LogP contribution in [0.1, 0.15) is 51.9 Å². The number of hydrogen-bond donors (Lipinski definition) is 4. The van der Waals surface area contributed by atoms with Crippen molar-refractivity contribution in [2.24, 2.45) is 5.92 Å². The van der Waals surface area contributed by atoms with Crippen LogP contribution in [-0.2, 0) is 0 Å². The van der Waals surface area contributed by atoms with Crippen LogP contribution >= 0.6 is 23.5 Å². The minimum Gasteiger partial charge on any atom is -0.465 e. The molecule has 11 heteroatoms. The van der Waals surface area contributed by atoms with E-state index in [-0.39, 0.29) is 0 Å². The monoisotopic (exact) mass is 663 g/mol. The second kappa shape index (κ2) is 17.9. The van der Waals surface area contributed by atoms with Crippen LogP contribution < -0.4 is 15.1 Å². The number of hydrogen-bond acceptors (Lipinski definition) is 7. The van der Waals surface area contributed by atoms with Crippen LogP contribution in [-0.4, -0.2) is 76.9 Å². The molecule has 0 radical (unpaired) electrons. The lowest BCUT2D eigenvalue weighted by atomic mass is 9.93. The van der Waals surface area contributed by atoms with Gasteiger partial charge in [-0.15, -0.1) is 0 Å². The number of aromatic amines is 2. The van der Waals surface area contributed by atoms with Gasteiger partial charge < -0.3 is 30.2 Å². The number of nitrogens with one attached hydrogen (secondary N) is 3. The number of carbonyl (C=O) groups is 1. The van der Waals surface area contributed by atoms with Crippen LogP contribution in [0.4, 0.5) is 16.2 Å². The van der Waals surface area contributed by atoms with Crippen LogP contribution in [0.3, 0.4) is 0 Å². The summed E-state index contributed by atoms with van der Waals surface area (Å²) in [4.78, 5) is 31.4. The maximum atomic E-state index is 10.7. The summed E-state index contributed by atoms with van der Waals surface area (Å²) in [6.07, 6.45) is 10.6. The predicted octanol–water partition coefficient (Wildman–Crippen LogP) is 8.49. The van der Waals surface area contributed by atoms with Crippen LogP contribution in [0, 0.1) is 5.92 Å². The van der Waals surface area contributed by atoms with E-state index in [1.807, 2.05) is 52.3 Å². The lowest BCUT2D eigenvalue weighted by molar-refractivity contribution is 0.194. The van der Waals surface area contributed by atoms with Crippen molar-refractivity contribution >= 4 is 41.0 Å². The van der Waals surface area contributed by atoms with E-state index < -0.39 is 6.09 Å². The van der Waals surface area contributed by atoms with Gasteiger partial charge in [0.25, 0.3) is 0 Å². The van der Waals surface area contributed by atoms with Crippen molar-refractivity contribution < 1.29 is 9.90 Å². The number of thioether (sulfide) groups is 2. The van der Waals surface area contributed by atoms with Gasteiger partial charge in [0, 0.05) is 57.1 Å². The zero-order chi connectivity index (χ0) is 32.9. The summed E-state index contributed by atoms with van der Waals surface area (Å²) in [5.41, 5.74) is 6.65. The molecule has 4 aromatic rings. The molecule has 0 aliphatic rings. The highest BCUT2D eigenvalue weighted by atomic mass is 32.2.